The Morgan fingerprint density at radius 1 is 1.21 bits per heavy atom. The second kappa shape index (κ2) is 8.05. The van der Waals surface area contributed by atoms with E-state index in [0.29, 0.717) is 17.1 Å². The summed E-state index contributed by atoms with van der Waals surface area (Å²) in [5.41, 5.74) is 7.04. The third-order valence-corrected chi connectivity index (χ3v) is 7.24. The van der Waals surface area contributed by atoms with Crippen molar-refractivity contribution >= 4 is 45.4 Å². The highest BCUT2D eigenvalue weighted by atomic mass is 32.1. The molecule has 0 spiro atoms. The van der Waals surface area contributed by atoms with Crippen molar-refractivity contribution in [3.63, 3.8) is 0 Å². The van der Waals surface area contributed by atoms with E-state index in [1.807, 2.05) is 17.5 Å². The number of primary amides is 1. The van der Waals surface area contributed by atoms with Crippen molar-refractivity contribution in [2.45, 2.75) is 45.1 Å². The molecule has 28 heavy (non-hydrogen) atoms. The molecule has 148 valence electrons. The third-order valence-electron chi connectivity index (χ3n) is 5.17. The van der Waals surface area contributed by atoms with Crippen LogP contribution in [0.2, 0.25) is 0 Å². The van der Waals surface area contributed by atoms with E-state index in [4.69, 9.17) is 5.73 Å². The minimum atomic E-state index is -0.501. The highest BCUT2D eigenvalue weighted by Crippen LogP contribution is 2.38. The lowest BCUT2D eigenvalue weighted by Gasteiger charge is -2.21. The lowest BCUT2D eigenvalue weighted by atomic mass is 9.95. The number of carbonyl (C=O) groups is 3. The molecule has 2 aliphatic rings. The van der Waals surface area contributed by atoms with Crippen LogP contribution in [0.15, 0.2) is 17.5 Å². The van der Waals surface area contributed by atoms with E-state index in [0.717, 1.165) is 53.8 Å². The number of fused-ring (bicyclic) bond motifs is 1. The summed E-state index contributed by atoms with van der Waals surface area (Å²) in [6.07, 6.45) is 5.65. The fraction of sp³-hybridized carbons (Fsp3) is 0.450. The topological polar surface area (TPSA) is 92.5 Å². The molecule has 2 heterocycles. The summed E-state index contributed by atoms with van der Waals surface area (Å²) in [5.74, 6) is -0.710. The van der Waals surface area contributed by atoms with Gasteiger partial charge in [-0.15, -0.1) is 22.7 Å². The first-order chi connectivity index (χ1) is 13.5. The smallest absolute Gasteiger partial charge is 0.251 e. The minimum Gasteiger partial charge on any atom is -0.365 e. The molecular formula is C20H23N3O3S2. The van der Waals surface area contributed by atoms with E-state index in [2.05, 4.69) is 5.32 Å². The van der Waals surface area contributed by atoms with Gasteiger partial charge in [0.05, 0.1) is 12.1 Å². The van der Waals surface area contributed by atoms with Crippen molar-refractivity contribution in [1.29, 1.82) is 0 Å². The molecule has 0 saturated heterocycles. The van der Waals surface area contributed by atoms with Crippen LogP contribution in [-0.4, -0.2) is 29.2 Å². The number of rotatable bonds is 7. The Balaban J connectivity index is 1.50. The molecule has 0 aliphatic heterocycles. The van der Waals surface area contributed by atoms with Crippen molar-refractivity contribution in [3.05, 3.63) is 38.4 Å². The molecule has 0 aromatic carbocycles. The van der Waals surface area contributed by atoms with E-state index in [9.17, 15) is 14.4 Å². The van der Waals surface area contributed by atoms with Gasteiger partial charge >= 0.3 is 0 Å². The van der Waals surface area contributed by atoms with Crippen LogP contribution < -0.4 is 11.1 Å². The Morgan fingerprint density at radius 3 is 2.68 bits per heavy atom. The zero-order chi connectivity index (χ0) is 19.7. The minimum absolute atomic E-state index is 0.0198. The molecule has 3 N–H and O–H groups in total. The molecule has 1 saturated carbocycles. The average molecular weight is 418 g/mol. The van der Waals surface area contributed by atoms with Crippen molar-refractivity contribution in [2.24, 2.45) is 11.7 Å². The summed E-state index contributed by atoms with van der Waals surface area (Å²) in [7, 11) is 0. The summed E-state index contributed by atoms with van der Waals surface area (Å²) in [6.45, 7) is 0.415. The Morgan fingerprint density at radius 2 is 2.00 bits per heavy atom. The van der Waals surface area contributed by atoms with Gasteiger partial charge in [-0.2, -0.15) is 0 Å². The molecule has 0 bridgehead atoms. The van der Waals surface area contributed by atoms with Gasteiger partial charge in [0.1, 0.15) is 11.5 Å². The molecular weight excluding hydrogens is 394 g/mol. The maximum atomic E-state index is 12.7. The first kappa shape index (κ1) is 19.1. The Labute approximate surface area is 171 Å². The summed E-state index contributed by atoms with van der Waals surface area (Å²) in [5, 5.41) is 5.35. The number of aryl methyl sites for hydroxylation is 1. The van der Waals surface area contributed by atoms with Crippen molar-refractivity contribution in [3.8, 4) is 0 Å². The number of carbonyl (C=O) groups excluding carboxylic acids is 3. The van der Waals surface area contributed by atoms with Crippen LogP contribution in [0.1, 0.15) is 51.4 Å². The zero-order valence-electron chi connectivity index (χ0n) is 15.5. The van der Waals surface area contributed by atoms with Gasteiger partial charge < -0.3 is 16.0 Å². The molecule has 2 aromatic heterocycles. The van der Waals surface area contributed by atoms with Gasteiger partial charge in [0, 0.05) is 15.7 Å². The first-order valence-electron chi connectivity index (χ1n) is 9.58. The molecule has 1 fully saturated rings. The van der Waals surface area contributed by atoms with Crippen LogP contribution in [0.3, 0.4) is 0 Å². The number of hydrogen-bond donors (Lipinski definition) is 2. The van der Waals surface area contributed by atoms with Gasteiger partial charge in [-0.05, 0) is 55.5 Å². The normalized spacial score (nSPS) is 15.7. The van der Waals surface area contributed by atoms with E-state index in [-0.39, 0.29) is 24.3 Å². The quantitative estimate of drug-likeness (QED) is 0.725. The van der Waals surface area contributed by atoms with Crippen LogP contribution >= 0.6 is 22.7 Å². The average Bonchev–Trinajstić information content (AvgIpc) is 3.26. The van der Waals surface area contributed by atoms with Gasteiger partial charge in [-0.1, -0.05) is 6.07 Å². The van der Waals surface area contributed by atoms with Crippen LogP contribution in [0.4, 0.5) is 5.00 Å². The molecule has 2 aromatic rings. The van der Waals surface area contributed by atoms with Crippen LogP contribution in [0, 0.1) is 5.92 Å². The largest absolute Gasteiger partial charge is 0.365 e. The second-order valence-electron chi connectivity index (χ2n) is 7.38. The molecule has 0 unspecified atom stereocenters. The first-order valence-corrected chi connectivity index (χ1v) is 11.3. The van der Waals surface area contributed by atoms with Gasteiger partial charge in [-0.25, -0.2) is 0 Å². The van der Waals surface area contributed by atoms with Gasteiger partial charge in [0.25, 0.3) is 5.91 Å². The maximum Gasteiger partial charge on any atom is 0.251 e. The van der Waals surface area contributed by atoms with E-state index in [1.165, 1.54) is 11.3 Å². The standard InChI is InChI=1S/C20H23N3O3S2/c21-18(25)17-14-5-1-2-6-15(14)28-19(17)22-16(24)11-23(20(26)12-7-8-12)10-13-4-3-9-27-13/h3-4,9,12H,1-2,5-8,10-11H2,(H2,21,25)(H,22,24). The van der Waals surface area contributed by atoms with Gasteiger partial charge in [-0.3, -0.25) is 14.4 Å². The predicted octanol–water partition coefficient (Wildman–Crippen LogP) is 3.16. The Kier molecular flexibility index (Phi) is 5.50. The van der Waals surface area contributed by atoms with Crippen molar-refractivity contribution < 1.29 is 14.4 Å². The van der Waals surface area contributed by atoms with Crippen molar-refractivity contribution in [2.75, 3.05) is 11.9 Å². The second-order valence-corrected chi connectivity index (χ2v) is 9.51. The van der Waals surface area contributed by atoms with Gasteiger partial charge in [0.2, 0.25) is 11.8 Å². The molecule has 8 heteroatoms. The lowest BCUT2D eigenvalue weighted by Crippen LogP contribution is -2.38. The van der Waals surface area contributed by atoms with E-state index in [1.54, 1.807) is 16.2 Å². The Bertz CT molecular complexity index is 900. The van der Waals surface area contributed by atoms with Crippen LogP contribution in [-0.2, 0) is 29.0 Å². The number of nitrogens with one attached hydrogen (secondary N) is 1. The summed E-state index contributed by atoms with van der Waals surface area (Å²) in [6, 6.07) is 3.91. The Hall–Kier alpha value is -2.19. The van der Waals surface area contributed by atoms with Crippen LogP contribution in [0.25, 0.3) is 0 Å². The number of thiophene rings is 2. The van der Waals surface area contributed by atoms with E-state index < -0.39 is 5.91 Å². The zero-order valence-corrected chi connectivity index (χ0v) is 17.2. The number of anilines is 1. The SMILES string of the molecule is NC(=O)c1c(NC(=O)CN(Cc2cccs2)C(=O)C2CC2)sc2c1CCCC2. The monoisotopic (exact) mass is 417 g/mol. The predicted molar refractivity (Wildman–Crippen MR) is 111 cm³/mol. The summed E-state index contributed by atoms with van der Waals surface area (Å²) in [4.78, 5) is 41.2. The number of nitrogens with two attached hydrogens (primary N) is 1. The highest BCUT2D eigenvalue weighted by molar-refractivity contribution is 7.17. The fourth-order valence-electron chi connectivity index (χ4n) is 3.64. The number of nitrogens with zero attached hydrogens (tertiary/aromatic N) is 1. The van der Waals surface area contributed by atoms with E-state index >= 15 is 0 Å². The summed E-state index contributed by atoms with van der Waals surface area (Å²) >= 11 is 3.02. The lowest BCUT2D eigenvalue weighted by molar-refractivity contribution is -0.136. The fourth-order valence-corrected chi connectivity index (χ4v) is 5.68. The molecule has 3 amide bonds. The highest BCUT2D eigenvalue weighted by Gasteiger charge is 2.34. The molecule has 2 aliphatic carbocycles. The summed E-state index contributed by atoms with van der Waals surface area (Å²) < 4.78 is 0. The third kappa shape index (κ3) is 4.12. The van der Waals surface area contributed by atoms with Crippen molar-refractivity contribution in [1.82, 2.24) is 4.90 Å². The molecule has 6 nitrogen and oxygen atoms in total. The molecule has 4 rings (SSSR count). The molecule has 0 atom stereocenters. The van der Waals surface area contributed by atoms with Gasteiger partial charge in [0.15, 0.2) is 0 Å². The maximum absolute atomic E-state index is 12.7. The molecule has 0 radical (unpaired) electrons. The number of hydrogen-bond acceptors (Lipinski definition) is 5. The van der Waals surface area contributed by atoms with Crippen LogP contribution in [0.5, 0.6) is 0 Å². The number of amides is 3.